The summed E-state index contributed by atoms with van der Waals surface area (Å²) in [5, 5.41) is 0. The van der Waals surface area contributed by atoms with E-state index in [0.29, 0.717) is 12.4 Å². The average molecular weight is 183 g/mol. The summed E-state index contributed by atoms with van der Waals surface area (Å²) in [4.78, 5) is 0. The van der Waals surface area contributed by atoms with Gasteiger partial charge in [-0.2, -0.15) is 0 Å². The van der Waals surface area contributed by atoms with Gasteiger partial charge in [0.1, 0.15) is 18.1 Å². The third kappa shape index (κ3) is 3.64. The summed E-state index contributed by atoms with van der Waals surface area (Å²) in [6.07, 6.45) is 1.67. The summed E-state index contributed by atoms with van der Waals surface area (Å²) in [5.74, 6) is 1.39. The molecule has 0 aliphatic carbocycles. The molecule has 0 saturated heterocycles. The first-order valence-electron chi connectivity index (χ1n) is 3.68. The Balaban J connectivity index is 2.25. The number of benzene rings is 1. The molecule has 0 bridgehead atoms. The van der Waals surface area contributed by atoms with Gasteiger partial charge in [0.25, 0.3) is 0 Å². The van der Waals surface area contributed by atoms with Crippen LogP contribution in [0.3, 0.4) is 0 Å². The third-order valence-electron chi connectivity index (χ3n) is 1.33. The van der Waals surface area contributed by atoms with Crippen molar-refractivity contribution in [2.24, 2.45) is 0 Å². The van der Waals surface area contributed by atoms with Gasteiger partial charge in [0.2, 0.25) is 0 Å². The molecule has 3 heteroatoms. The number of rotatable bonds is 4. The molecule has 1 aromatic carbocycles. The molecule has 0 amide bonds. The molecule has 0 spiro atoms. The van der Waals surface area contributed by atoms with Crippen molar-refractivity contribution < 1.29 is 9.29 Å². The summed E-state index contributed by atoms with van der Waals surface area (Å²) >= 11 is -0.772. The maximum absolute atomic E-state index is 10.7. The van der Waals surface area contributed by atoms with Crippen molar-refractivity contribution in [3.05, 3.63) is 30.3 Å². The second-order valence-electron chi connectivity index (χ2n) is 2.36. The SMILES string of the molecule is C[S+]([O-])CCOc1cc[c]cc1. The van der Waals surface area contributed by atoms with Gasteiger partial charge in [-0.25, -0.2) is 0 Å². The predicted molar refractivity (Wildman–Crippen MR) is 49.7 cm³/mol. The molecule has 1 radical (unpaired) electrons. The van der Waals surface area contributed by atoms with E-state index in [1.54, 1.807) is 18.4 Å². The van der Waals surface area contributed by atoms with Crippen LogP contribution in [0.2, 0.25) is 0 Å². The first kappa shape index (κ1) is 9.42. The largest absolute Gasteiger partial charge is 0.616 e. The molecule has 2 nitrogen and oxygen atoms in total. The predicted octanol–water partition coefficient (Wildman–Crippen LogP) is 1.24. The molecule has 0 aliphatic rings. The van der Waals surface area contributed by atoms with Crippen molar-refractivity contribution in [2.75, 3.05) is 18.6 Å². The minimum absolute atomic E-state index is 0.507. The lowest BCUT2D eigenvalue weighted by molar-refractivity contribution is 0.341. The number of hydrogen-bond donors (Lipinski definition) is 0. The topological polar surface area (TPSA) is 32.3 Å². The number of ether oxygens (including phenoxy) is 1. The Morgan fingerprint density at radius 2 is 2.17 bits per heavy atom. The minimum Gasteiger partial charge on any atom is -0.616 e. The lowest BCUT2D eigenvalue weighted by Crippen LogP contribution is -2.11. The van der Waals surface area contributed by atoms with E-state index in [-0.39, 0.29) is 0 Å². The van der Waals surface area contributed by atoms with E-state index >= 15 is 0 Å². The van der Waals surface area contributed by atoms with Crippen LogP contribution in [0.5, 0.6) is 5.75 Å². The summed E-state index contributed by atoms with van der Waals surface area (Å²) in [6, 6.07) is 10.1. The maximum atomic E-state index is 10.7. The summed E-state index contributed by atoms with van der Waals surface area (Å²) < 4.78 is 16.0. The Morgan fingerprint density at radius 3 is 2.75 bits per heavy atom. The van der Waals surface area contributed by atoms with E-state index in [9.17, 15) is 4.55 Å². The third-order valence-corrected chi connectivity index (χ3v) is 2.07. The molecule has 0 fully saturated rings. The van der Waals surface area contributed by atoms with E-state index < -0.39 is 11.2 Å². The van der Waals surface area contributed by atoms with E-state index in [4.69, 9.17) is 4.74 Å². The Hall–Kier alpha value is -0.670. The molecule has 0 heterocycles. The highest BCUT2D eigenvalue weighted by atomic mass is 32.2. The molecule has 0 saturated carbocycles. The van der Waals surface area contributed by atoms with Crippen molar-refractivity contribution in [3.8, 4) is 5.75 Å². The quantitative estimate of drug-likeness (QED) is 0.658. The lowest BCUT2D eigenvalue weighted by Gasteiger charge is -2.06. The van der Waals surface area contributed by atoms with Crippen molar-refractivity contribution in [3.63, 3.8) is 0 Å². The first-order chi connectivity index (χ1) is 5.79. The van der Waals surface area contributed by atoms with Gasteiger partial charge in [0, 0.05) is 0 Å². The molecule has 0 aromatic heterocycles. The maximum Gasteiger partial charge on any atom is 0.139 e. The fourth-order valence-corrected chi connectivity index (χ4v) is 1.06. The Bertz CT molecular complexity index is 211. The van der Waals surface area contributed by atoms with Gasteiger partial charge < -0.3 is 9.29 Å². The Morgan fingerprint density at radius 1 is 1.50 bits per heavy atom. The molecule has 1 atom stereocenters. The second kappa shape index (κ2) is 5.06. The minimum atomic E-state index is -0.772. The average Bonchev–Trinajstić information content (AvgIpc) is 2.05. The van der Waals surface area contributed by atoms with Gasteiger partial charge >= 0.3 is 0 Å². The van der Waals surface area contributed by atoms with Crippen LogP contribution in [0.4, 0.5) is 0 Å². The monoisotopic (exact) mass is 183 g/mol. The smallest absolute Gasteiger partial charge is 0.139 e. The molecule has 0 aliphatic heterocycles. The van der Waals surface area contributed by atoms with Crippen molar-refractivity contribution in [1.29, 1.82) is 0 Å². The molecule has 0 N–H and O–H groups in total. The lowest BCUT2D eigenvalue weighted by atomic mass is 10.3. The molecular formula is C9H11O2S. The van der Waals surface area contributed by atoms with Crippen LogP contribution >= 0.6 is 0 Å². The molecule has 1 aromatic rings. The van der Waals surface area contributed by atoms with Gasteiger partial charge in [-0.3, -0.25) is 0 Å². The summed E-state index contributed by atoms with van der Waals surface area (Å²) in [6.45, 7) is 0.507. The highest BCUT2D eigenvalue weighted by Crippen LogP contribution is 2.07. The molecule has 1 rings (SSSR count). The first-order valence-corrected chi connectivity index (χ1v) is 5.40. The zero-order chi connectivity index (χ0) is 8.81. The van der Waals surface area contributed by atoms with Crippen molar-refractivity contribution in [1.82, 2.24) is 0 Å². The zero-order valence-corrected chi connectivity index (χ0v) is 7.76. The number of hydrogen-bond acceptors (Lipinski definition) is 2. The van der Waals surface area contributed by atoms with Gasteiger partial charge in [-0.05, 0) is 18.2 Å². The normalized spacial score (nSPS) is 12.5. The molecule has 12 heavy (non-hydrogen) atoms. The zero-order valence-electron chi connectivity index (χ0n) is 6.95. The van der Waals surface area contributed by atoms with E-state index in [2.05, 4.69) is 6.07 Å². The summed E-state index contributed by atoms with van der Waals surface area (Å²) in [5.41, 5.74) is 0. The van der Waals surface area contributed by atoms with Crippen LogP contribution in [0, 0.1) is 6.07 Å². The van der Waals surface area contributed by atoms with Crippen LogP contribution in [-0.4, -0.2) is 23.2 Å². The van der Waals surface area contributed by atoms with Crippen LogP contribution in [-0.2, 0) is 11.2 Å². The van der Waals surface area contributed by atoms with Crippen LogP contribution in [0.25, 0.3) is 0 Å². The Labute approximate surface area is 75.7 Å². The molecule has 1 unspecified atom stereocenters. The Kier molecular flexibility index (Phi) is 3.97. The van der Waals surface area contributed by atoms with Gasteiger partial charge in [-0.1, -0.05) is 23.3 Å². The highest BCUT2D eigenvalue weighted by molar-refractivity contribution is 7.90. The van der Waals surface area contributed by atoms with Gasteiger partial charge in [-0.15, -0.1) is 0 Å². The van der Waals surface area contributed by atoms with Crippen molar-refractivity contribution in [2.45, 2.75) is 0 Å². The van der Waals surface area contributed by atoms with Crippen LogP contribution < -0.4 is 4.74 Å². The molecular weight excluding hydrogens is 172 g/mol. The van der Waals surface area contributed by atoms with E-state index in [1.807, 2.05) is 12.1 Å². The summed E-state index contributed by atoms with van der Waals surface area (Å²) in [7, 11) is 0. The van der Waals surface area contributed by atoms with Crippen LogP contribution in [0.1, 0.15) is 0 Å². The van der Waals surface area contributed by atoms with Crippen LogP contribution in [0.15, 0.2) is 24.3 Å². The van der Waals surface area contributed by atoms with Gasteiger partial charge in [0.15, 0.2) is 0 Å². The fraction of sp³-hybridized carbons (Fsp3) is 0.333. The van der Waals surface area contributed by atoms with E-state index in [1.165, 1.54) is 0 Å². The van der Waals surface area contributed by atoms with Crippen molar-refractivity contribution >= 4 is 11.2 Å². The second-order valence-corrected chi connectivity index (χ2v) is 3.92. The van der Waals surface area contributed by atoms with E-state index in [0.717, 1.165) is 5.75 Å². The standard InChI is InChI=1S/C9H11O2S/c1-12(10)8-7-11-9-5-3-2-4-6-9/h3-6H,7-8H2,1H3. The van der Waals surface area contributed by atoms with Gasteiger partial charge in [0.05, 0.1) is 6.26 Å². The molecule has 65 valence electrons. The fourth-order valence-electron chi connectivity index (χ4n) is 0.745. The highest BCUT2D eigenvalue weighted by Gasteiger charge is 1.97.